The van der Waals surface area contributed by atoms with E-state index in [9.17, 15) is 5.11 Å². The van der Waals surface area contributed by atoms with Gasteiger partial charge in [0.25, 0.3) is 0 Å². The van der Waals surface area contributed by atoms with Gasteiger partial charge in [0, 0.05) is 13.1 Å². The molecule has 2 rings (SSSR count). The normalized spacial score (nSPS) is 17.9. The zero-order chi connectivity index (χ0) is 18.4. The molecule has 0 aromatic heterocycles. The first-order chi connectivity index (χ1) is 12.0. The van der Waals surface area contributed by atoms with Crippen molar-refractivity contribution in [2.75, 3.05) is 27.2 Å². The molecule has 3 heteroatoms. The number of likely N-dealkylation sites (N-methyl/N-ethyl adjacent to an activating group) is 1. The van der Waals surface area contributed by atoms with Crippen LogP contribution in [-0.2, 0) is 0 Å². The topological polar surface area (TPSA) is 32.7 Å². The van der Waals surface area contributed by atoms with E-state index in [2.05, 4.69) is 44.9 Å². The quantitative estimate of drug-likeness (QED) is 0.637. The van der Waals surface area contributed by atoms with Crippen LogP contribution in [0.1, 0.15) is 69.9 Å². The SMILES string of the molecule is CCCCCC(C)C(C)c1cc(O)c(C2=CCN(C)CC2)c(OC)c1. The highest BCUT2D eigenvalue weighted by molar-refractivity contribution is 5.76. The fourth-order valence-corrected chi connectivity index (χ4v) is 3.66. The Hall–Kier alpha value is -1.48. The van der Waals surface area contributed by atoms with Crippen LogP contribution in [0.25, 0.3) is 5.57 Å². The summed E-state index contributed by atoms with van der Waals surface area (Å²) in [7, 11) is 3.82. The van der Waals surface area contributed by atoms with Crippen LogP contribution in [0.4, 0.5) is 0 Å². The average molecular weight is 346 g/mol. The molecule has 0 amide bonds. The maximum atomic E-state index is 10.7. The monoisotopic (exact) mass is 345 g/mol. The van der Waals surface area contributed by atoms with Crippen LogP contribution in [0, 0.1) is 5.92 Å². The van der Waals surface area contributed by atoms with E-state index < -0.39 is 0 Å². The summed E-state index contributed by atoms with van der Waals surface area (Å²) < 4.78 is 5.66. The average Bonchev–Trinajstić information content (AvgIpc) is 2.61. The summed E-state index contributed by atoms with van der Waals surface area (Å²) in [4.78, 5) is 2.28. The molecule has 3 nitrogen and oxygen atoms in total. The fraction of sp³-hybridized carbons (Fsp3) is 0.636. The number of nitrogens with zero attached hydrogens (tertiary/aromatic N) is 1. The van der Waals surface area contributed by atoms with Crippen LogP contribution in [0.15, 0.2) is 18.2 Å². The Kier molecular flexibility index (Phi) is 7.37. The number of benzene rings is 1. The summed E-state index contributed by atoms with van der Waals surface area (Å²) >= 11 is 0. The van der Waals surface area contributed by atoms with Crippen LogP contribution in [0.2, 0.25) is 0 Å². The van der Waals surface area contributed by atoms with Crippen LogP contribution in [0.3, 0.4) is 0 Å². The van der Waals surface area contributed by atoms with Gasteiger partial charge < -0.3 is 14.7 Å². The van der Waals surface area contributed by atoms with Crippen molar-refractivity contribution in [1.29, 1.82) is 0 Å². The number of rotatable bonds is 8. The van der Waals surface area contributed by atoms with Gasteiger partial charge in [0.2, 0.25) is 0 Å². The Morgan fingerprint density at radius 3 is 2.60 bits per heavy atom. The van der Waals surface area contributed by atoms with Gasteiger partial charge in [-0.05, 0) is 48.6 Å². The van der Waals surface area contributed by atoms with Gasteiger partial charge in [0.15, 0.2) is 0 Å². The van der Waals surface area contributed by atoms with Crippen LogP contribution in [0.5, 0.6) is 11.5 Å². The molecule has 0 bridgehead atoms. The second-order valence-corrected chi connectivity index (χ2v) is 7.62. The van der Waals surface area contributed by atoms with E-state index >= 15 is 0 Å². The number of methoxy groups -OCH3 is 1. The van der Waals surface area contributed by atoms with Gasteiger partial charge in [-0.25, -0.2) is 0 Å². The van der Waals surface area contributed by atoms with Gasteiger partial charge in [-0.2, -0.15) is 0 Å². The molecule has 1 aromatic rings. The summed E-state index contributed by atoms with van der Waals surface area (Å²) in [6.45, 7) is 8.76. The lowest BCUT2D eigenvalue weighted by molar-refractivity contribution is 0.367. The summed E-state index contributed by atoms with van der Waals surface area (Å²) in [6, 6.07) is 4.09. The lowest BCUT2D eigenvalue weighted by Crippen LogP contribution is -2.23. The van der Waals surface area contributed by atoms with Gasteiger partial charge >= 0.3 is 0 Å². The van der Waals surface area contributed by atoms with Crippen molar-refractivity contribution < 1.29 is 9.84 Å². The maximum absolute atomic E-state index is 10.7. The molecule has 0 radical (unpaired) electrons. The third-order valence-corrected chi connectivity index (χ3v) is 5.70. The third-order valence-electron chi connectivity index (χ3n) is 5.70. The molecule has 1 aliphatic heterocycles. The van der Waals surface area contributed by atoms with Crippen molar-refractivity contribution in [1.82, 2.24) is 4.90 Å². The first-order valence-electron chi connectivity index (χ1n) is 9.76. The van der Waals surface area contributed by atoms with Gasteiger partial charge in [0.05, 0.1) is 12.7 Å². The van der Waals surface area contributed by atoms with Gasteiger partial charge in [-0.3, -0.25) is 0 Å². The number of ether oxygens (including phenoxy) is 1. The summed E-state index contributed by atoms with van der Waals surface area (Å²) in [5.74, 6) is 2.18. The lowest BCUT2D eigenvalue weighted by Gasteiger charge is -2.25. The number of hydrogen-bond acceptors (Lipinski definition) is 3. The van der Waals surface area contributed by atoms with E-state index in [1.165, 1.54) is 36.8 Å². The molecule has 1 heterocycles. The fourth-order valence-electron chi connectivity index (χ4n) is 3.66. The Balaban J connectivity index is 2.23. The molecule has 1 aliphatic rings. The Bertz CT molecular complexity index is 594. The molecule has 1 N–H and O–H groups in total. The highest BCUT2D eigenvalue weighted by Crippen LogP contribution is 2.41. The van der Waals surface area contributed by atoms with Crippen molar-refractivity contribution in [2.45, 2.75) is 58.8 Å². The standard InChI is InChI=1S/C22H35NO2/c1-6-7-8-9-16(2)17(3)19-14-20(24)22(21(15-19)25-5)18-10-12-23(4)13-11-18/h10,14-17,24H,6-9,11-13H2,1-5H3. The Labute approximate surface area is 153 Å². The highest BCUT2D eigenvalue weighted by Gasteiger charge is 2.22. The van der Waals surface area contributed by atoms with Crippen molar-refractivity contribution >= 4 is 5.57 Å². The molecule has 0 spiro atoms. The molecular formula is C22H35NO2. The predicted molar refractivity (Wildman–Crippen MR) is 106 cm³/mol. The summed E-state index contributed by atoms with van der Waals surface area (Å²) in [6.07, 6.45) is 8.23. The minimum atomic E-state index is 0.359. The molecule has 2 unspecified atom stereocenters. The number of aromatic hydroxyl groups is 1. The number of hydrogen-bond donors (Lipinski definition) is 1. The second-order valence-electron chi connectivity index (χ2n) is 7.62. The van der Waals surface area contributed by atoms with E-state index in [-0.39, 0.29) is 0 Å². The van der Waals surface area contributed by atoms with Crippen molar-refractivity contribution in [3.8, 4) is 11.5 Å². The zero-order valence-corrected chi connectivity index (χ0v) is 16.6. The minimum absolute atomic E-state index is 0.359. The van der Waals surface area contributed by atoms with E-state index in [4.69, 9.17) is 4.74 Å². The van der Waals surface area contributed by atoms with Crippen LogP contribution >= 0.6 is 0 Å². The molecular weight excluding hydrogens is 310 g/mol. The number of phenols is 1. The molecule has 25 heavy (non-hydrogen) atoms. The minimum Gasteiger partial charge on any atom is -0.507 e. The van der Waals surface area contributed by atoms with E-state index in [0.717, 1.165) is 30.8 Å². The van der Waals surface area contributed by atoms with Crippen LogP contribution < -0.4 is 4.74 Å². The van der Waals surface area contributed by atoms with Crippen molar-refractivity contribution in [2.24, 2.45) is 5.92 Å². The number of unbranched alkanes of at least 4 members (excludes halogenated alkanes) is 2. The van der Waals surface area contributed by atoms with Gasteiger partial charge in [-0.1, -0.05) is 52.5 Å². The van der Waals surface area contributed by atoms with E-state index in [1.54, 1.807) is 7.11 Å². The molecule has 1 aromatic carbocycles. The predicted octanol–water partition coefficient (Wildman–Crippen LogP) is 5.44. The van der Waals surface area contributed by atoms with Gasteiger partial charge in [0.1, 0.15) is 11.5 Å². The first-order valence-corrected chi connectivity index (χ1v) is 9.76. The Morgan fingerprint density at radius 2 is 2.00 bits per heavy atom. The molecule has 2 atom stereocenters. The number of phenolic OH excluding ortho intramolecular Hbond substituents is 1. The third kappa shape index (κ3) is 5.01. The van der Waals surface area contributed by atoms with Gasteiger partial charge in [-0.15, -0.1) is 0 Å². The summed E-state index contributed by atoms with van der Waals surface area (Å²) in [5.41, 5.74) is 3.25. The second kappa shape index (κ2) is 9.28. The van der Waals surface area contributed by atoms with Crippen LogP contribution in [-0.4, -0.2) is 37.3 Å². The van der Waals surface area contributed by atoms with E-state index in [0.29, 0.717) is 17.6 Å². The van der Waals surface area contributed by atoms with E-state index in [1.807, 2.05) is 6.07 Å². The Morgan fingerprint density at radius 1 is 1.24 bits per heavy atom. The molecule has 140 valence electrons. The van der Waals surface area contributed by atoms with Crippen molar-refractivity contribution in [3.05, 3.63) is 29.3 Å². The lowest BCUT2D eigenvalue weighted by atomic mass is 9.84. The smallest absolute Gasteiger partial charge is 0.130 e. The molecule has 0 aliphatic carbocycles. The maximum Gasteiger partial charge on any atom is 0.130 e. The largest absolute Gasteiger partial charge is 0.507 e. The first kappa shape index (κ1) is 19.8. The highest BCUT2D eigenvalue weighted by atomic mass is 16.5. The van der Waals surface area contributed by atoms with Crippen molar-refractivity contribution in [3.63, 3.8) is 0 Å². The molecule has 0 fully saturated rings. The zero-order valence-electron chi connectivity index (χ0n) is 16.6. The molecule has 0 saturated carbocycles. The summed E-state index contributed by atoms with van der Waals surface area (Å²) in [5, 5.41) is 10.7. The molecule has 0 saturated heterocycles.